The van der Waals surface area contributed by atoms with Crippen molar-refractivity contribution in [3.63, 3.8) is 0 Å². The van der Waals surface area contributed by atoms with Crippen LogP contribution in [0.2, 0.25) is 0 Å². The van der Waals surface area contributed by atoms with Crippen LogP contribution < -0.4 is 0 Å². The Kier molecular flexibility index (Phi) is 2.22. The first kappa shape index (κ1) is 10.4. The van der Waals surface area contributed by atoms with Gasteiger partial charge in [-0.25, -0.2) is 0 Å². The number of carbonyl (C=O) groups excluding carboxylic acids is 1. The molecule has 1 atom stereocenters. The largest absolute Gasteiger partial charge is 0.294 e. The summed E-state index contributed by atoms with van der Waals surface area (Å²) in [5.74, 6) is 0.583. The minimum Gasteiger partial charge on any atom is -0.294 e. The van der Waals surface area contributed by atoms with Crippen molar-refractivity contribution in [2.24, 2.45) is 11.3 Å². The van der Waals surface area contributed by atoms with Crippen molar-refractivity contribution in [3.05, 3.63) is 34.9 Å². The quantitative estimate of drug-likeness (QED) is 0.670. The molecule has 1 aromatic rings. The fourth-order valence-electron chi connectivity index (χ4n) is 2.12. The second-order valence-electron chi connectivity index (χ2n) is 5.36. The molecule has 15 heavy (non-hydrogen) atoms. The zero-order valence-corrected chi connectivity index (χ0v) is 9.92. The predicted octanol–water partition coefficient (Wildman–Crippen LogP) is 3.53. The number of hydrogen-bond acceptors (Lipinski definition) is 1. The van der Waals surface area contributed by atoms with E-state index < -0.39 is 0 Å². The lowest BCUT2D eigenvalue weighted by atomic mass is 9.95. The van der Waals surface area contributed by atoms with Crippen molar-refractivity contribution in [1.29, 1.82) is 0 Å². The van der Waals surface area contributed by atoms with Crippen molar-refractivity contribution in [1.82, 2.24) is 0 Å². The van der Waals surface area contributed by atoms with Crippen molar-refractivity contribution in [2.75, 3.05) is 0 Å². The molecule has 1 unspecified atom stereocenters. The second kappa shape index (κ2) is 3.19. The first-order valence-corrected chi connectivity index (χ1v) is 5.54. The van der Waals surface area contributed by atoms with Crippen molar-refractivity contribution < 1.29 is 4.79 Å². The molecule has 0 aromatic heterocycles. The van der Waals surface area contributed by atoms with Gasteiger partial charge < -0.3 is 0 Å². The standard InChI is InChI=1S/C14H18O/c1-9-6-5-7-11(10(9)2)13(15)12-8-14(12,3)4/h5-7,12H,8H2,1-4H3. The predicted molar refractivity (Wildman–Crippen MR) is 62.1 cm³/mol. The molecule has 0 spiro atoms. The number of Topliss-reactive ketones (excluding diaryl/α,β-unsaturated/α-hetero) is 1. The summed E-state index contributed by atoms with van der Waals surface area (Å²) in [4.78, 5) is 12.2. The van der Waals surface area contributed by atoms with Crippen LogP contribution in [0, 0.1) is 25.2 Å². The molecule has 0 amide bonds. The molecule has 1 heteroatoms. The molecule has 0 bridgehead atoms. The Labute approximate surface area is 91.5 Å². The molecule has 0 aliphatic heterocycles. The summed E-state index contributed by atoms with van der Waals surface area (Å²) in [6.45, 7) is 8.43. The lowest BCUT2D eigenvalue weighted by molar-refractivity contribution is 0.0952. The van der Waals surface area contributed by atoms with E-state index >= 15 is 0 Å². The van der Waals surface area contributed by atoms with Crippen LogP contribution in [0.25, 0.3) is 0 Å². The van der Waals surface area contributed by atoms with Crippen LogP contribution in [0.5, 0.6) is 0 Å². The Hall–Kier alpha value is -1.11. The first-order valence-electron chi connectivity index (χ1n) is 5.54. The van der Waals surface area contributed by atoms with E-state index in [1.165, 1.54) is 5.56 Å². The van der Waals surface area contributed by atoms with Gasteiger partial charge in [-0.3, -0.25) is 4.79 Å². The maximum absolute atomic E-state index is 12.2. The molecule has 0 radical (unpaired) electrons. The van der Waals surface area contributed by atoms with Gasteiger partial charge in [0.15, 0.2) is 5.78 Å². The lowest BCUT2D eigenvalue weighted by Gasteiger charge is -2.08. The fourth-order valence-corrected chi connectivity index (χ4v) is 2.12. The first-order chi connectivity index (χ1) is 6.93. The summed E-state index contributed by atoms with van der Waals surface area (Å²) in [6, 6.07) is 5.99. The summed E-state index contributed by atoms with van der Waals surface area (Å²) in [6.07, 6.45) is 1.04. The number of carbonyl (C=O) groups is 1. The van der Waals surface area contributed by atoms with Crippen LogP contribution in [0.15, 0.2) is 18.2 Å². The van der Waals surface area contributed by atoms with Crippen LogP contribution in [0.3, 0.4) is 0 Å². The maximum Gasteiger partial charge on any atom is 0.166 e. The summed E-state index contributed by atoms with van der Waals surface area (Å²) in [5, 5.41) is 0. The fraction of sp³-hybridized carbons (Fsp3) is 0.500. The highest BCUT2D eigenvalue weighted by Gasteiger charge is 2.50. The Balaban J connectivity index is 2.31. The number of rotatable bonds is 2. The highest BCUT2D eigenvalue weighted by atomic mass is 16.1. The SMILES string of the molecule is Cc1cccc(C(=O)C2CC2(C)C)c1C. The maximum atomic E-state index is 12.2. The van der Waals surface area contributed by atoms with E-state index in [-0.39, 0.29) is 11.3 Å². The summed E-state index contributed by atoms with van der Waals surface area (Å²) in [5.41, 5.74) is 3.50. The number of ketones is 1. The molecule has 1 aliphatic carbocycles. The highest BCUT2D eigenvalue weighted by molar-refractivity contribution is 6.01. The normalized spacial score (nSPS) is 22.5. The van der Waals surface area contributed by atoms with Crippen LogP contribution in [-0.4, -0.2) is 5.78 Å². The zero-order valence-electron chi connectivity index (χ0n) is 9.92. The molecule has 1 fully saturated rings. The van der Waals surface area contributed by atoms with E-state index in [4.69, 9.17) is 0 Å². The smallest absolute Gasteiger partial charge is 0.166 e. The molecule has 0 saturated heterocycles. The average molecular weight is 202 g/mol. The third-order valence-corrected chi connectivity index (χ3v) is 3.70. The summed E-state index contributed by atoms with van der Waals surface area (Å²) < 4.78 is 0. The molecule has 0 N–H and O–H groups in total. The third-order valence-electron chi connectivity index (χ3n) is 3.70. The number of aryl methyl sites for hydroxylation is 1. The molecular weight excluding hydrogens is 184 g/mol. The molecule has 80 valence electrons. The van der Waals surface area contributed by atoms with Gasteiger partial charge in [0.2, 0.25) is 0 Å². The van der Waals surface area contributed by atoms with Gasteiger partial charge >= 0.3 is 0 Å². The Bertz CT molecular complexity index is 415. The van der Waals surface area contributed by atoms with Crippen LogP contribution in [0.4, 0.5) is 0 Å². The molecule has 1 saturated carbocycles. The van der Waals surface area contributed by atoms with Gasteiger partial charge in [0.25, 0.3) is 0 Å². The Morgan fingerprint density at radius 3 is 2.47 bits per heavy atom. The molecular formula is C14H18O. The minimum absolute atomic E-state index is 0.229. The van der Waals surface area contributed by atoms with E-state index in [0.29, 0.717) is 5.78 Å². The van der Waals surface area contributed by atoms with Gasteiger partial charge in [0.05, 0.1) is 0 Å². The topological polar surface area (TPSA) is 17.1 Å². The molecule has 1 aromatic carbocycles. The molecule has 1 nitrogen and oxygen atoms in total. The van der Waals surface area contributed by atoms with Gasteiger partial charge in [0, 0.05) is 11.5 Å². The average Bonchev–Trinajstić information content (AvgIpc) is 2.79. The van der Waals surface area contributed by atoms with E-state index in [1.54, 1.807) is 0 Å². The van der Waals surface area contributed by atoms with Gasteiger partial charge in [0.1, 0.15) is 0 Å². The van der Waals surface area contributed by atoms with Gasteiger partial charge in [-0.15, -0.1) is 0 Å². The van der Waals surface area contributed by atoms with E-state index in [2.05, 4.69) is 26.8 Å². The Morgan fingerprint density at radius 1 is 1.33 bits per heavy atom. The molecule has 2 rings (SSSR count). The van der Waals surface area contributed by atoms with Crippen molar-refractivity contribution in [3.8, 4) is 0 Å². The van der Waals surface area contributed by atoms with Gasteiger partial charge in [-0.05, 0) is 36.8 Å². The lowest BCUT2D eigenvalue weighted by Crippen LogP contribution is -2.08. The molecule has 0 heterocycles. The zero-order chi connectivity index (χ0) is 11.2. The van der Waals surface area contributed by atoms with Gasteiger partial charge in [-0.2, -0.15) is 0 Å². The summed E-state index contributed by atoms with van der Waals surface area (Å²) in [7, 11) is 0. The van der Waals surface area contributed by atoms with Crippen LogP contribution in [0.1, 0.15) is 41.8 Å². The van der Waals surface area contributed by atoms with E-state index in [1.807, 2.05) is 19.1 Å². The van der Waals surface area contributed by atoms with Crippen LogP contribution in [-0.2, 0) is 0 Å². The number of hydrogen-bond donors (Lipinski definition) is 0. The number of benzene rings is 1. The minimum atomic E-state index is 0.229. The summed E-state index contributed by atoms with van der Waals surface area (Å²) >= 11 is 0. The van der Waals surface area contributed by atoms with Crippen LogP contribution >= 0.6 is 0 Å². The monoisotopic (exact) mass is 202 g/mol. The van der Waals surface area contributed by atoms with Crippen molar-refractivity contribution in [2.45, 2.75) is 34.1 Å². The highest BCUT2D eigenvalue weighted by Crippen LogP contribution is 2.53. The second-order valence-corrected chi connectivity index (χ2v) is 5.36. The Morgan fingerprint density at radius 2 is 1.93 bits per heavy atom. The van der Waals surface area contributed by atoms with E-state index in [9.17, 15) is 4.79 Å². The third kappa shape index (κ3) is 1.71. The van der Waals surface area contributed by atoms with E-state index in [0.717, 1.165) is 17.5 Å². The molecule has 1 aliphatic rings. The van der Waals surface area contributed by atoms with Gasteiger partial charge in [-0.1, -0.05) is 32.0 Å². The van der Waals surface area contributed by atoms with Crippen molar-refractivity contribution >= 4 is 5.78 Å².